The van der Waals surface area contributed by atoms with Crippen LogP contribution in [0.4, 0.5) is 0 Å². The van der Waals surface area contributed by atoms with Crippen LogP contribution in [-0.2, 0) is 0 Å². The fourth-order valence-electron chi connectivity index (χ4n) is 6.19. The Kier molecular flexibility index (Phi) is 6.16. The van der Waals surface area contributed by atoms with Crippen LogP contribution in [-0.4, -0.2) is 9.55 Å². The molecule has 0 aliphatic heterocycles. The average Bonchev–Trinajstić information content (AvgIpc) is 3.43. The van der Waals surface area contributed by atoms with E-state index in [-0.39, 0.29) is 0 Å². The van der Waals surface area contributed by atoms with Crippen LogP contribution in [0.2, 0.25) is 0 Å². The van der Waals surface area contributed by atoms with Gasteiger partial charge in [-0.15, -0.1) is 0 Å². The molecule has 0 aliphatic carbocycles. The number of fused-ring (bicyclic) bond motifs is 3. The highest BCUT2D eigenvalue weighted by Crippen LogP contribution is 2.41. The van der Waals surface area contributed by atoms with E-state index < -0.39 is 0 Å². The molecule has 8 rings (SSSR count). The van der Waals surface area contributed by atoms with Gasteiger partial charge in [-0.3, -0.25) is 4.98 Å². The van der Waals surface area contributed by atoms with Gasteiger partial charge < -0.3 is 4.57 Å². The Hall–Kier alpha value is -5.73. The molecule has 0 saturated carbocycles. The number of para-hydroxylation sites is 1. The van der Waals surface area contributed by atoms with Crippen LogP contribution >= 0.6 is 0 Å². The summed E-state index contributed by atoms with van der Waals surface area (Å²) in [4.78, 5) is 4.62. The van der Waals surface area contributed by atoms with Gasteiger partial charge in [-0.05, 0) is 70.3 Å². The summed E-state index contributed by atoms with van der Waals surface area (Å²) in [6.45, 7) is 0. The van der Waals surface area contributed by atoms with Crippen molar-refractivity contribution < 1.29 is 0 Å². The number of hydrogen-bond donors (Lipinski definition) is 0. The van der Waals surface area contributed by atoms with Crippen LogP contribution in [0.1, 0.15) is 0 Å². The first-order chi connectivity index (χ1) is 21.3. The molecule has 2 heteroatoms. The molecule has 2 heterocycles. The molecule has 0 aliphatic rings. The highest BCUT2D eigenvalue weighted by atomic mass is 15.0. The van der Waals surface area contributed by atoms with Gasteiger partial charge in [0.1, 0.15) is 0 Å². The van der Waals surface area contributed by atoms with Gasteiger partial charge in [0, 0.05) is 33.8 Å². The van der Waals surface area contributed by atoms with Crippen molar-refractivity contribution in [2.75, 3.05) is 0 Å². The van der Waals surface area contributed by atoms with Crippen molar-refractivity contribution in [2.45, 2.75) is 0 Å². The minimum atomic E-state index is 0.967. The number of aromatic nitrogens is 2. The number of hydrogen-bond acceptors (Lipinski definition) is 1. The molecule has 0 bridgehead atoms. The van der Waals surface area contributed by atoms with Gasteiger partial charge in [0.25, 0.3) is 0 Å². The zero-order valence-corrected chi connectivity index (χ0v) is 23.6. The predicted molar refractivity (Wildman–Crippen MR) is 180 cm³/mol. The van der Waals surface area contributed by atoms with Crippen LogP contribution in [0.15, 0.2) is 170 Å². The molecule has 0 atom stereocenters. The quantitative estimate of drug-likeness (QED) is 0.209. The molecule has 0 unspecified atom stereocenters. The van der Waals surface area contributed by atoms with Crippen molar-refractivity contribution >= 4 is 21.8 Å². The summed E-state index contributed by atoms with van der Waals surface area (Å²) in [5.74, 6) is 0. The molecule has 6 aromatic carbocycles. The summed E-state index contributed by atoms with van der Waals surface area (Å²) in [5, 5.41) is 2.48. The predicted octanol–water partition coefficient (Wildman–Crippen LogP) is 10.8. The molecule has 0 amide bonds. The SMILES string of the molecule is c1ccc(-c2ccc(-c3cc(-c4ccccc4)c4c(c3)c3ccccc3n4-c3cccc(-c4ccccn4)c3)cc2)cc1. The highest BCUT2D eigenvalue weighted by Gasteiger charge is 2.19. The topological polar surface area (TPSA) is 17.8 Å². The Balaban J connectivity index is 1.38. The molecule has 0 N–H and O–H groups in total. The van der Waals surface area contributed by atoms with E-state index in [9.17, 15) is 0 Å². The van der Waals surface area contributed by atoms with Crippen LogP contribution in [0, 0.1) is 0 Å². The summed E-state index contributed by atoms with van der Waals surface area (Å²) >= 11 is 0. The molecule has 202 valence electrons. The molecule has 0 spiro atoms. The van der Waals surface area contributed by atoms with Crippen LogP contribution in [0.25, 0.3) is 72.1 Å². The maximum Gasteiger partial charge on any atom is 0.0702 e. The molecular formula is C41H28N2. The first-order valence-corrected chi connectivity index (χ1v) is 14.6. The summed E-state index contributed by atoms with van der Waals surface area (Å²) in [7, 11) is 0. The van der Waals surface area contributed by atoms with Crippen LogP contribution < -0.4 is 0 Å². The second-order valence-corrected chi connectivity index (χ2v) is 10.8. The summed E-state index contributed by atoms with van der Waals surface area (Å²) in [6.07, 6.45) is 1.85. The fraction of sp³-hybridized carbons (Fsp3) is 0. The summed E-state index contributed by atoms with van der Waals surface area (Å²) in [5.41, 5.74) is 12.8. The second kappa shape index (κ2) is 10.6. The Labute approximate surface area is 251 Å². The highest BCUT2D eigenvalue weighted by molar-refractivity contribution is 6.15. The zero-order chi connectivity index (χ0) is 28.6. The number of nitrogens with zero attached hydrogens (tertiary/aromatic N) is 2. The van der Waals surface area contributed by atoms with Gasteiger partial charge in [0.05, 0.1) is 16.7 Å². The van der Waals surface area contributed by atoms with Gasteiger partial charge >= 0.3 is 0 Å². The van der Waals surface area contributed by atoms with Crippen molar-refractivity contribution in [3.8, 4) is 50.3 Å². The first kappa shape index (κ1) is 25.0. The van der Waals surface area contributed by atoms with Crippen molar-refractivity contribution in [1.29, 1.82) is 0 Å². The number of rotatable bonds is 5. The molecule has 2 nitrogen and oxygen atoms in total. The van der Waals surface area contributed by atoms with E-state index in [0.29, 0.717) is 0 Å². The van der Waals surface area contributed by atoms with Gasteiger partial charge in [0.2, 0.25) is 0 Å². The van der Waals surface area contributed by atoms with Crippen molar-refractivity contribution in [2.24, 2.45) is 0 Å². The Bertz CT molecular complexity index is 2200. The largest absolute Gasteiger partial charge is 0.309 e. The van der Waals surface area contributed by atoms with E-state index in [0.717, 1.165) is 16.9 Å². The van der Waals surface area contributed by atoms with Crippen molar-refractivity contribution in [3.05, 3.63) is 170 Å². The lowest BCUT2D eigenvalue weighted by atomic mass is 9.94. The summed E-state index contributed by atoms with van der Waals surface area (Å²) in [6, 6.07) is 58.5. The van der Waals surface area contributed by atoms with Gasteiger partial charge in [-0.2, -0.15) is 0 Å². The van der Waals surface area contributed by atoms with E-state index >= 15 is 0 Å². The first-order valence-electron chi connectivity index (χ1n) is 14.6. The second-order valence-electron chi connectivity index (χ2n) is 10.8. The normalized spacial score (nSPS) is 11.3. The number of pyridine rings is 1. The number of benzene rings is 6. The van der Waals surface area contributed by atoms with E-state index in [4.69, 9.17) is 0 Å². The molecule has 43 heavy (non-hydrogen) atoms. The average molecular weight is 549 g/mol. The Morgan fingerprint density at radius 2 is 1.02 bits per heavy atom. The fourth-order valence-corrected chi connectivity index (χ4v) is 6.19. The summed E-state index contributed by atoms with van der Waals surface area (Å²) < 4.78 is 2.42. The van der Waals surface area contributed by atoms with Crippen LogP contribution in [0.5, 0.6) is 0 Å². The van der Waals surface area contributed by atoms with Crippen molar-refractivity contribution in [1.82, 2.24) is 9.55 Å². The van der Waals surface area contributed by atoms with Gasteiger partial charge in [0.15, 0.2) is 0 Å². The Morgan fingerprint density at radius 3 is 1.77 bits per heavy atom. The molecule has 0 radical (unpaired) electrons. The van der Waals surface area contributed by atoms with E-state index in [1.807, 2.05) is 18.3 Å². The third-order valence-electron chi connectivity index (χ3n) is 8.24. The van der Waals surface area contributed by atoms with Crippen LogP contribution in [0.3, 0.4) is 0 Å². The maximum atomic E-state index is 4.62. The third kappa shape index (κ3) is 4.50. The standard InChI is InChI=1S/C41H28N2/c1-3-12-29(13-4-1)30-21-23-31(24-22-30)34-27-37(32-14-5-2-6-15-32)41-38(28-34)36-18-7-8-20-40(36)43(41)35-17-11-16-33(26-35)39-19-9-10-25-42-39/h1-28H. The minimum absolute atomic E-state index is 0.967. The van der Waals surface area contributed by atoms with Gasteiger partial charge in [-0.1, -0.05) is 121 Å². The molecular weight excluding hydrogens is 520 g/mol. The minimum Gasteiger partial charge on any atom is -0.309 e. The third-order valence-corrected chi connectivity index (χ3v) is 8.24. The lowest BCUT2D eigenvalue weighted by molar-refractivity contribution is 1.18. The maximum absolute atomic E-state index is 4.62. The molecule has 0 saturated heterocycles. The zero-order valence-electron chi connectivity index (χ0n) is 23.6. The lowest BCUT2D eigenvalue weighted by Gasteiger charge is -2.15. The monoisotopic (exact) mass is 548 g/mol. The smallest absolute Gasteiger partial charge is 0.0702 e. The molecule has 8 aromatic rings. The molecule has 0 fully saturated rings. The lowest BCUT2D eigenvalue weighted by Crippen LogP contribution is -1.97. The van der Waals surface area contributed by atoms with E-state index in [1.165, 1.54) is 55.2 Å². The van der Waals surface area contributed by atoms with Gasteiger partial charge in [-0.25, -0.2) is 0 Å². The van der Waals surface area contributed by atoms with E-state index in [1.54, 1.807) is 0 Å². The Morgan fingerprint density at radius 1 is 0.395 bits per heavy atom. The molecule has 2 aromatic heterocycles. The van der Waals surface area contributed by atoms with E-state index in [2.05, 4.69) is 161 Å². The van der Waals surface area contributed by atoms with Crippen molar-refractivity contribution in [3.63, 3.8) is 0 Å².